The highest BCUT2D eigenvalue weighted by molar-refractivity contribution is 5.94. The van der Waals surface area contributed by atoms with Crippen LogP contribution in [0.3, 0.4) is 0 Å². The lowest BCUT2D eigenvalue weighted by atomic mass is 10.2. The van der Waals surface area contributed by atoms with Gasteiger partial charge in [0.1, 0.15) is 23.0 Å². The van der Waals surface area contributed by atoms with E-state index in [1.165, 1.54) is 6.20 Å². The highest BCUT2D eigenvalue weighted by Gasteiger charge is 2.25. The maximum Gasteiger partial charge on any atom is 0.259 e. The van der Waals surface area contributed by atoms with Crippen molar-refractivity contribution in [1.82, 2.24) is 24.6 Å². The van der Waals surface area contributed by atoms with E-state index in [1.54, 1.807) is 18.0 Å². The summed E-state index contributed by atoms with van der Waals surface area (Å²) in [5, 5.41) is 6.93. The SMILES string of the molecule is Cc1oncc1C(=O)N1CCn2cc(CNc3ccccn3)nc2C1. The standard InChI is InChI=1S/C17H18N6O2/c1-12-14(9-20-25-12)17(24)23-7-6-22-10-13(21-16(22)11-23)8-19-15-4-2-3-5-18-15/h2-5,9-10H,6-8,11H2,1H3,(H,18,19). The summed E-state index contributed by atoms with van der Waals surface area (Å²) in [6, 6.07) is 5.73. The number of carbonyl (C=O) groups excluding carboxylic acids is 1. The normalized spacial score (nSPS) is 13.6. The number of aromatic nitrogens is 4. The molecule has 0 fully saturated rings. The van der Waals surface area contributed by atoms with Gasteiger partial charge in [-0.1, -0.05) is 11.2 Å². The van der Waals surface area contributed by atoms with Crippen molar-refractivity contribution in [3.8, 4) is 0 Å². The van der Waals surface area contributed by atoms with Crippen molar-refractivity contribution >= 4 is 11.7 Å². The van der Waals surface area contributed by atoms with Crippen LogP contribution < -0.4 is 5.32 Å². The molecule has 0 saturated heterocycles. The molecule has 0 aliphatic carbocycles. The topological polar surface area (TPSA) is 89.1 Å². The number of fused-ring (bicyclic) bond motifs is 1. The minimum Gasteiger partial charge on any atom is -0.364 e. The van der Waals surface area contributed by atoms with E-state index in [4.69, 9.17) is 4.52 Å². The van der Waals surface area contributed by atoms with Crippen molar-refractivity contribution in [1.29, 1.82) is 0 Å². The Morgan fingerprint density at radius 2 is 2.28 bits per heavy atom. The van der Waals surface area contributed by atoms with Crippen LogP contribution >= 0.6 is 0 Å². The van der Waals surface area contributed by atoms with Crippen molar-refractivity contribution < 1.29 is 9.32 Å². The van der Waals surface area contributed by atoms with Gasteiger partial charge in [-0.25, -0.2) is 9.97 Å². The number of imidazole rings is 1. The molecule has 4 rings (SSSR count). The first kappa shape index (κ1) is 15.4. The van der Waals surface area contributed by atoms with E-state index in [-0.39, 0.29) is 5.91 Å². The number of pyridine rings is 1. The molecule has 128 valence electrons. The van der Waals surface area contributed by atoms with E-state index >= 15 is 0 Å². The van der Waals surface area contributed by atoms with Crippen LogP contribution in [-0.2, 0) is 19.6 Å². The van der Waals surface area contributed by atoms with E-state index in [2.05, 4.69) is 25.0 Å². The third kappa shape index (κ3) is 3.10. The summed E-state index contributed by atoms with van der Waals surface area (Å²) >= 11 is 0. The second-order valence-corrected chi connectivity index (χ2v) is 5.93. The van der Waals surface area contributed by atoms with Gasteiger partial charge in [-0.2, -0.15) is 0 Å². The monoisotopic (exact) mass is 338 g/mol. The highest BCUT2D eigenvalue weighted by Crippen LogP contribution is 2.17. The van der Waals surface area contributed by atoms with Crippen LogP contribution in [0, 0.1) is 6.92 Å². The molecule has 0 bridgehead atoms. The van der Waals surface area contributed by atoms with Gasteiger partial charge in [0.25, 0.3) is 5.91 Å². The van der Waals surface area contributed by atoms with E-state index in [0.29, 0.717) is 31.0 Å². The molecular formula is C17H18N6O2. The number of aryl methyl sites for hydroxylation is 1. The molecule has 0 atom stereocenters. The Bertz CT molecular complexity index is 886. The minimum absolute atomic E-state index is 0.0684. The maximum atomic E-state index is 12.6. The fourth-order valence-electron chi connectivity index (χ4n) is 2.89. The number of nitrogens with one attached hydrogen (secondary N) is 1. The molecule has 1 aliphatic rings. The second-order valence-electron chi connectivity index (χ2n) is 5.93. The lowest BCUT2D eigenvalue weighted by Gasteiger charge is -2.27. The number of anilines is 1. The van der Waals surface area contributed by atoms with Gasteiger partial charge in [-0.3, -0.25) is 4.79 Å². The molecule has 8 nitrogen and oxygen atoms in total. The minimum atomic E-state index is -0.0684. The fourth-order valence-corrected chi connectivity index (χ4v) is 2.89. The smallest absolute Gasteiger partial charge is 0.259 e. The number of amides is 1. The van der Waals surface area contributed by atoms with Gasteiger partial charge in [-0.05, 0) is 19.1 Å². The summed E-state index contributed by atoms with van der Waals surface area (Å²) in [6.45, 7) is 4.18. The van der Waals surface area contributed by atoms with Crippen molar-refractivity contribution in [2.75, 3.05) is 11.9 Å². The first-order valence-electron chi connectivity index (χ1n) is 8.11. The van der Waals surface area contributed by atoms with Gasteiger partial charge >= 0.3 is 0 Å². The number of carbonyl (C=O) groups is 1. The number of rotatable bonds is 4. The molecule has 4 heterocycles. The largest absolute Gasteiger partial charge is 0.364 e. The molecular weight excluding hydrogens is 320 g/mol. The molecule has 25 heavy (non-hydrogen) atoms. The van der Waals surface area contributed by atoms with Gasteiger partial charge in [0.2, 0.25) is 0 Å². The van der Waals surface area contributed by atoms with Crippen molar-refractivity contribution in [2.24, 2.45) is 0 Å². The zero-order valence-corrected chi connectivity index (χ0v) is 13.8. The molecule has 1 amide bonds. The molecule has 0 aromatic carbocycles. The van der Waals surface area contributed by atoms with Crippen LogP contribution in [0.5, 0.6) is 0 Å². The quantitative estimate of drug-likeness (QED) is 0.781. The number of hydrogen-bond donors (Lipinski definition) is 1. The second kappa shape index (κ2) is 6.39. The summed E-state index contributed by atoms with van der Waals surface area (Å²) in [5.74, 6) is 2.17. The van der Waals surface area contributed by atoms with Crippen LogP contribution in [0.4, 0.5) is 5.82 Å². The fraction of sp³-hybridized carbons (Fsp3) is 0.294. The highest BCUT2D eigenvalue weighted by atomic mass is 16.5. The number of hydrogen-bond acceptors (Lipinski definition) is 6. The predicted octanol–water partition coefficient (Wildman–Crippen LogP) is 1.84. The van der Waals surface area contributed by atoms with Crippen molar-refractivity contribution in [3.63, 3.8) is 0 Å². The zero-order chi connectivity index (χ0) is 17.2. The average Bonchev–Trinajstić information content (AvgIpc) is 3.25. The molecule has 3 aromatic rings. The molecule has 3 aromatic heterocycles. The van der Waals surface area contributed by atoms with E-state index in [1.807, 2.05) is 24.4 Å². The Morgan fingerprint density at radius 1 is 1.36 bits per heavy atom. The summed E-state index contributed by atoms with van der Waals surface area (Å²) in [5.41, 5.74) is 1.44. The van der Waals surface area contributed by atoms with E-state index in [0.717, 1.165) is 23.9 Å². The summed E-state index contributed by atoms with van der Waals surface area (Å²) in [7, 11) is 0. The van der Waals surface area contributed by atoms with E-state index in [9.17, 15) is 4.79 Å². The lowest BCUT2D eigenvalue weighted by molar-refractivity contribution is 0.0705. The molecule has 1 N–H and O–H groups in total. The molecule has 1 aliphatic heterocycles. The summed E-state index contributed by atoms with van der Waals surface area (Å²) in [6.07, 6.45) is 5.25. The molecule has 0 spiro atoms. The zero-order valence-electron chi connectivity index (χ0n) is 13.8. The third-order valence-electron chi connectivity index (χ3n) is 4.24. The Kier molecular flexibility index (Phi) is 3.93. The Balaban J connectivity index is 1.44. The molecule has 0 radical (unpaired) electrons. The van der Waals surface area contributed by atoms with Crippen LogP contribution in [0.1, 0.15) is 27.6 Å². The third-order valence-corrected chi connectivity index (χ3v) is 4.24. The van der Waals surface area contributed by atoms with Crippen LogP contribution in [-0.4, -0.2) is 37.0 Å². The van der Waals surface area contributed by atoms with E-state index < -0.39 is 0 Å². The van der Waals surface area contributed by atoms with Crippen molar-refractivity contribution in [2.45, 2.75) is 26.6 Å². The van der Waals surface area contributed by atoms with Gasteiger partial charge in [0, 0.05) is 25.5 Å². The Labute approximate surface area is 144 Å². The van der Waals surface area contributed by atoms with Gasteiger partial charge in [-0.15, -0.1) is 0 Å². The van der Waals surface area contributed by atoms with Crippen LogP contribution in [0.2, 0.25) is 0 Å². The van der Waals surface area contributed by atoms with Gasteiger partial charge < -0.3 is 19.3 Å². The van der Waals surface area contributed by atoms with Crippen LogP contribution in [0.15, 0.2) is 41.3 Å². The molecule has 0 unspecified atom stereocenters. The van der Waals surface area contributed by atoms with Crippen LogP contribution in [0.25, 0.3) is 0 Å². The average molecular weight is 338 g/mol. The Morgan fingerprint density at radius 3 is 3.04 bits per heavy atom. The first-order chi connectivity index (χ1) is 12.2. The summed E-state index contributed by atoms with van der Waals surface area (Å²) in [4.78, 5) is 23.2. The molecule has 8 heteroatoms. The summed E-state index contributed by atoms with van der Waals surface area (Å²) < 4.78 is 7.09. The van der Waals surface area contributed by atoms with Crippen molar-refractivity contribution in [3.05, 3.63) is 59.6 Å². The lowest BCUT2D eigenvalue weighted by Crippen LogP contribution is -2.38. The van der Waals surface area contributed by atoms with Gasteiger partial charge in [0.15, 0.2) is 0 Å². The predicted molar refractivity (Wildman–Crippen MR) is 89.8 cm³/mol. The van der Waals surface area contributed by atoms with Gasteiger partial charge in [0.05, 0.1) is 25.0 Å². The number of nitrogens with zero attached hydrogens (tertiary/aromatic N) is 5. The molecule has 0 saturated carbocycles. The maximum absolute atomic E-state index is 12.6. The Hall–Kier alpha value is -3.16. The first-order valence-corrected chi connectivity index (χ1v) is 8.11.